The van der Waals surface area contributed by atoms with E-state index in [1.54, 1.807) is 0 Å². The van der Waals surface area contributed by atoms with Gasteiger partial charge in [-0.1, -0.05) is 6.42 Å². The van der Waals surface area contributed by atoms with E-state index in [2.05, 4.69) is 5.32 Å². The first-order valence-electron chi connectivity index (χ1n) is 7.75. The van der Waals surface area contributed by atoms with Crippen molar-refractivity contribution in [3.63, 3.8) is 0 Å². The summed E-state index contributed by atoms with van der Waals surface area (Å²) in [4.78, 5) is 12.5. The molecule has 3 fully saturated rings. The molecule has 0 radical (unpaired) electrons. The van der Waals surface area contributed by atoms with Gasteiger partial charge in [-0.15, -0.1) is 0 Å². The van der Waals surface area contributed by atoms with Crippen molar-refractivity contribution in [1.29, 1.82) is 0 Å². The Bertz CT molecular complexity index is 573. The van der Waals surface area contributed by atoms with Crippen LogP contribution in [-0.2, 0) is 14.8 Å². The van der Waals surface area contributed by atoms with Crippen LogP contribution in [0.3, 0.4) is 0 Å². The fraction of sp³-hybridized carbons (Fsp3) is 0.929. The van der Waals surface area contributed by atoms with E-state index in [4.69, 9.17) is 0 Å². The van der Waals surface area contributed by atoms with Crippen LogP contribution in [0.1, 0.15) is 38.5 Å². The van der Waals surface area contributed by atoms with Crippen molar-refractivity contribution in [2.45, 2.75) is 50.5 Å². The first kappa shape index (κ1) is 16.1. The highest BCUT2D eigenvalue weighted by Crippen LogP contribution is 2.50. The Morgan fingerprint density at radius 1 is 1.27 bits per heavy atom. The monoisotopic (exact) mass is 336 g/mol. The highest BCUT2D eigenvalue weighted by atomic mass is 32.2. The highest BCUT2D eigenvalue weighted by Gasteiger charge is 2.53. The summed E-state index contributed by atoms with van der Waals surface area (Å²) < 4.78 is 50.6. The number of hydrogen-bond acceptors (Lipinski definition) is 3. The lowest BCUT2D eigenvalue weighted by Crippen LogP contribution is -2.53. The average molecular weight is 336 g/mol. The molecule has 1 heterocycles. The number of halogens is 2. The molecule has 1 amide bonds. The van der Waals surface area contributed by atoms with Gasteiger partial charge in [0.15, 0.2) is 0 Å². The molecule has 1 aliphatic heterocycles. The number of amides is 1. The van der Waals surface area contributed by atoms with Crippen molar-refractivity contribution >= 4 is 15.9 Å². The van der Waals surface area contributed by atoms with Crippen LogP contribution in [0.5, 0.6) is 0 Å². The van der Waals surface area contributed by atoms with E-state index in [1.165, 1.54) is 10.6 Å². The number of nitrogens with one attached hydrogen (secondary N) is 1. The molecule has 3 aliphatic rings. The molecule has 5 nitrogen and oxygen atoms in total. The van der Waals surface area contributed by atoms with Crippen molar-refractivity contribution in [3.05, 3.63) is 0 Å². The van der Waals surface area contributed by atoms with Crippen molar-refractivity contribution in [2.24, 2.45) is 11.3 Å². The van der Waals surface area contributed by atoms with Crippen LogP contribution >= 0.6 is 0 Å². The molecule has 1 saturated heterocycles. The van der Waals surface area contributed by atoms with Crippen LogP contribution in [0, 0.1) is 11.3 Å². The second kappa shape index (κ2) is 5.12. The molecule has 1 N–H and O–H groups in total. The van der Waals surface area contributed by atoms with Crippen LogP contribution < -0.4 is 5.32 Å². The van der Waals surface area contributed by atoms with E-state index in [0.717, 1.165) is 12.8 Å². The number of carbonyl (C=O) groups excluding carboxylic acids is 1. The first-order chi connectivity index (χ1) is 10.1. The Hall–Kier alpha value is -0.760. The number of nitrogens with zero attached hydrogens (tertiary/aromatic N) is 1. The largest absolute Gasteiger partial charge is 0.353 e. The Labute approximate surface area is 129 Å². The molecule has 8 heteroatoms. The van der Waals surface area contributed by atoms with Gasteiger partial charge in [-0.2, -0.15) is 0 Å². The summed E-state index contributed by atoms with van der Waals surface area (Å²) in [6, 6.07) is -0.437. The Balaban J connectivity index is 1.65. The number of sulfonamides is 1. The van der Waals surface area contributed by atoms with Gasteiger partial charge in [0, 0.05) is 37.9 Å². The predicted molar refractivity (Wildman–Crippen MR) is 76.9 cm³/mol. The van der Waals surface area contributed by atoms with Gasteiger partial charge in [0.05, 0.1) is 6.26 Å². The van der Waals surface area contributed by atoms with E-state index in [9.17, 15) is 22.0 Å². The van der Waals surface area contributed by atoms with E-state index in [1.807, 2.05) is 0 Å². The Morgan fingerprint density at radius 3 is 2.50 bits per heavy atom. The minimum atomic E-state index is -3.24. The molecule has 2 atom stereocenters. The second-order valence-corrected chi connectivity index (χ2v) is 9.11. The lowest BCUT2D eigenvalue weighted by Gasteiger charge is -2.37. The van der Waals surface area contributed by atoms with Crippen molar-refractivity contribution in [3.8, 4) is 0 Å². The standard InChI is InChI=1S/C14H22F2N2O3S/c1-22(20,21)18-6-5-13(9-18)4-2-3-11(13)12(19)17-10-7-14(15,16)8-10/h10-11H,2-9H2,1H3,(H,17,19)/t11-,13+/m0/s1. The summed E-state index contributed by atoms with van der Waals surface area (Å²) in [6.45, 7) is 0.828. The van der Waals surface area contributed by atoms with Gasteiger partial charge >= 0.3 is 0 Å². The molecule has 0 aromatic rings. The highest BCUT2D eigenvalue weighted by molar-refractivity contribution is 7.88. The van der Waals surface area contributed by atoms with Gasteiger partial charge in [-0.05, 0) is 24.7 Å². The zero-order valence-corrected chi connectivity index (χ0v) is 13.5. The molecule has 0 bridgehead atoms. The third-order valence-corrected chi connectivity index (χ3v) is 6.73. The molecular formula is C14H22F2N2O3S. The van der Waals surface area contributed by atoms with E-state index < -0.39 is 22.0 Å². The van der Waals surface area contributed by atoms with Gasteiger partial charge in [-0.25, -0.2) is 21.5 Å². The summed E-state index contributed by atoms with van der Waals surface area (Å²) >= 11 is 0. The Morgan fingerprint density at radius 2 is 1.95 bits per heavy atom. The Kier molecular flexibility index (Phi) is 3.75. The van der Waals surface area contributed by atoms with E-state index >= 15 is 0 Å². The lowest BCUT2D eigenvalue weighted by atomic mass is 9.76. The SMILES string of the molecule is CS(=O)(=O)N1CC[C@]2(CCC[C@H]2C(=O)NC2CC(F)(F)C2)C1. The summed E-state index contributed by atoms with van der Waals surface area (Å²) in [7, 11) is -3.24. The van der Waals surface area contributed by atoms with Crippen molar-refractivity contribution < 1.29 is 22.0 Å². The number of alkyl halides is 2. The fourth-order valence-corrected chi connectivity index (χ4v) is 5.16. The van der Waals surface area contributed by atoms with E-state index in [0.29, 0.717) is 25.9 Å². The van der Waals surface area contributed by atoms with Gasteiger partial charge in [0.1, 0.15) is 0 Å². The molecule has 2 saturated carbocycles. The quantitative estimate of drug-likeness (QED) is 0.846. The fourth-order valence-electron chi connectivity index (χ4n) is 4.24. The van der Waals surface area contributed by atoms with Crippen molar-refractivity contribution in [2.75, 3.05) is 19.3 Å². The van der Waals surface area contributed by atoms with Crippen LogP contribution in [0.25, 0.3) is 0 Å². The second-order valence-electron chi connectivity index (χ2n) is 7.12. The first-order valence-corrected chi connectivity index (χ1v) is 9.60. The third kappa shape index (κ3) is 2.87. The molecule has 2 aliphatic carbocycles. The maximum atomic E-state index is 12.9. The van der Waals surface area contributed by atoms with Crippen molar-refractivity contribution in [1.82, 2.24) is 9.62 Å². The molecule has 0 aromatic heterocycles. The van der Waals surface area contributed by atoms with Crippen LogP contribution in [0.4, 0.5) is 8.78 Å². The number of hydrogen-bond donors (Lipinski definition) is 1. The third-order valence-electron chi connectivity index (χ3n) is 5.48. The van der Waals surface area contributed by atoms with E-state index in [-0.39, 0.29) is 30.1 Å². The molecule has 1 spiro atoms. The molecular weight excluding hydrogens is 314 g/mol. The maximum absolute atomic E-state index is 12.9. The lowest BCUT2D eigenvalue weighted by molar-refractivity contribution is -0.135. The van der Waals surface area contributed by atoms with Gasteiger partial charge in [0.25, 0.3) is 5.92 Å². The topological polar surface area (TPSA) is 66.5 Å². The predicted octanol–water partition coefficient (Wildman–Crippen LogP) is 1.35. The zero-order valence-electron chi connectivity index (χ0n) is 12.6. The molecule has 3 rings (SSSR count). The minimum absolute atomic E-state index is 0.173. The average Bonchev–Trinajstić information content (AvgIpc) is 2.94. The normalized spacial score (nSPS) is 35.7. The smallest absolute Gasteiger partial charge is 0.252 e. The molecule has 126 valence electrons. The molecule has 0 unspecified atom stereocenters. The zero-order chi connectivity index (χ0) is 16.2. The maximum Gasteiger partial charge on any atom is 0.252 e. The van der Waals surface area contributed by atoms with Gasteiger partial charge in [0.2, 0.25) is 15.9 Å². The number of carbonyl (C=O) groups is 1. The van der Waals surface area contributed by atoms with Gasteiger partial charge in [-0.3, -0.25) is 4.79 Å². The number of rotatable bonds is 3. The molecule has 0 aromatic carbocycles. The molecule has 22 heavy (non-hydrogen) atoms. The van der Waals surface area contributed by atoms with Gasteiger partial charge < -0.3 is 5.32 Å². The summed E-state index contributed by atoms with van der Waals surface area (Å²) in [5.41, 5.74) is -0.306. The summed E-state index contributed by atoms with van der Waals surface area (Å²) in [6.07, 6.45) is 3.73. The van der Waals surface area contributed by atoms with Crippen LogP contribution in [0.2, 0.25) is 0 Å². The van der Waals surface area contributed by atoms with Crippen LogP contribution in [-0.4, -0.2) is 49.9 Å². The summed E-state index contributed by atoms with van der Waals surface area (Å²) in [5, 5.41) is 2.73. The van der Waals surface area contributed by atoms with Crippen LogP contribution in [0.15, 0.2) is 0 Å². The summed E-state index contributed by atoms with van der Waals surface area (Å²) in [5.74, 6) is -3.08. The minimum Gasteiger partial charge on any atom is -0.353 e.